The molecule has 0 amide bonds. The SMILES string of the molecule is CC(=O)c1c(-c2ccccc2)cccc1-c1ccc(C)cc1. The van der Waals surface area contributed by atoms with Gasteiger partial charge in [-0.15, -0.1) is 0 Å². The van der Waals surface area contributed by atoms with Gasteiger partial charge in [0.05, 0.1) is 0 Å². The van der Waals surface area contributed by atoms with Crippen LogP contribution in [-0.4, -0.2) is 5.78 Å². The molecule has 0 aromatic heterocycles. The minimum atomic E-state index is 0.0926. The fourth-order valence-corrected chi connectivity index (χ4v) is 2.76. The van der Waals surface area contributed by atoms with Crippen molar-refractivity contribution in [3.63, 3.8) is 0 Å². The zero-order valence-electron chi connectivity index (χ0n) is 12.8. The first kappa shape index (κ1) is 14.3. The van der Waals surface area contributed by atoms with E-state index in [4.69, 9.17) is 0 Å². The van der Waals surface area contributed by atoms with Crippen LogP contribution in [-0.2, 0) is 0 Å². The number of benzene rings is 3. The Kier molecular flexibility index (Phi) is 3.88. The van der Waals surface area contributed by atoms with Gasteiger partial charge < -0.3 is 0 Å². The molecule has 1 heteroatoms. The average molecular weight is 286 g/mol. The van der Waals surface area contributed by atoms with Gasteiger partial charge in [-0.2, -0.15) is 0 Å². The molecule has 0 saturated carbocycles. The number of hydrogen-bond acceptors (Lipinski definition) is 1. The molecular weight excluding hydrogens is 268 g/mol. The van der Waals surface area contributed by atoms with E-state index < -0.39 is 0 Å². The lowest BCUT2D eigenvalue weighted by molar-refractivity contribution is 0.101. The largest absolute Gasteiger partial charge is 0.294 e. The summed E-state index contributed by atoms with van der Waals surface area (Å²) in [6.45, 7) is 3.70. The van der Waals surface area contributed by atoms with Crippen molar-refractivity contribution in [1.82, 2.24) is 0 Å². The van der Waals surface area contributed by atoms with Gasteiger partial charge in [-0.25, -0.2) is 0 Å². The maximum Gasteiger partial charge on any atom is 0.161 e. The molecule has 0 atom stereocenters. The predicted octanol–water partition coefficient (Wildman–Crippen LogP) is 5.53. The summed E-state index contributed by atoms with van der Waals surface area (Å²) in [6.07, 6.45) is 0. The highest BCUT2D eigenvalue weighted by molar-refractivity contribution is 6.06. The van der Waals surface area contributed by atoms with Crippen LogP contribution in [0.1, 0.15) is 22.8 Å². The molecule has 0 bridgehead atoms. The highest BCUT2D eigenvalue weighted by Gasteiger charge is 2.15. The van der Waals surface area contributed by atoms with Gasteiger partial charge in [-0.1, -0.05) is 78.4 Å². The lowest BCUT2D eigenvalue weighted by Gasteiger charge is -2.13. The highest BCUT2D eigenvalue weighted by Crippen LogP contribution is 2.32. The summed E-state index contributed by atoms with van der Waals surface area (Å²) in [4.78, 5) is 12.3. The standard InChI is InChI=1S/C21H18O/c1-15-11-13-18(14-12-15)20-10-6-9-19(21(20)16(2)22)17-7-4-3-5-8-17/h3-14H,1-2H3. The molecule has 3 aromatic rings. The molecule has 0 fully saturated rings. The van der Waals surface area contributed by atoms with Crippen LogP contribution in [0.3, 0.4) is 0 Å². The summed E-state index contributed by atoms with van der Waals surface area (Å²) in [5, 5.41) is 0. The second-order valence-corrected chi connectivity index (χ2v) is 5.52. The number of carbonyl (C=O) groups excluding carboxylic acids is 1. The third-order valence-electron chi connectivity index (χ3n) is 3.86. The Morgan fingerprint density at radius 3 is 1.77 bits per heavy atom. The summed E-state index contributed by atoms with van der Waals surface area (Å²) in [5.74, 6) is 0.0926. The van der Waals surface area contributed by atoms with E-state index in [9.17, 15) is 4.79 Å². The van der Waals surface area contributed by atoms with Crippen molar-refractivity contribution < 1.29 is 4.79 Å². The fraction of sp³-hybridized carbons (Fsp3) is 0.0952. The number of aryl methyl sites for hydroxylation is 1. The van der Waals surface area contributed by atoms with Gasteiger partial charge in [-0.05, 0) is 36.1 Å². The first-order valence-electron chi connectivity index (χ1n) is 7.43. The number of carbonyl (C=O) groups is 1. The van der Waals surface area contributed by atoms with Crippen LogP contribution in [0.4, 0.5) is 0 Å². The van der Waals surface area contributed by atoms with Crippen LogP contribution in [0.15, 0.2) is 72.8 Å². The normalized spacial score (nSPS) is 10.5. The van der Waals surface area contributed by atoms with Crippen LogP contribution in [0.5, 0.6) is 0 Å². The van der Waals surface area contributed by atoms with E-state index in [1.165, 1.54) is 5.56 Å². The Morgan fingerprint density at radius 1 is 0.682 bits per heavy atom. The van der Waals surface area contributed by atoms with E-state index in [2.05, 4.69) is 31.2 Å². The molecule has 108 valence electrons. The van der Waals surface area contributed by atoms with Gasteiger partial charge in [0, 0.05) is 5.56 Å². The van der Waals surface area contributed by atoms with E-state index in [-0.39, 0.29) is 5.78 Å². The molecule has 0 heterocycles. The molecule has 0 spiro atoms. The Bertz CT molecular complexity index is 799. The fourth-order valence-electron chi connectivity index (χ4n) is 2.76. The number of rotatable bonds is 3. The lowest BCUT2D eigenvalue weighted by atomic mass is 9.89. The topological polar surface area (TPSA) is 17.1 Å². The zero-order valence-corrected chi connectivity index (χ0v) is 12.8. The molecule has 0 aliphatic carbocycles. The van der Waals surface area contributed by atoms with E-state index in [0.29, 0.717) is 0 Å². The third-order valence-corrected chi connectivity index (χ3v) is 3.86. The van der Waals surface area contributed by atoms with E-state index in [1.54, 1.807) is 6.92 Å². The Morgan fingerprint density at radius 2 is 1.23 bits per heavy atom. The first-order valence-corrected chi connectivity index (χ1v) is 7.43. The molecular formula is C21H18O. The predicted molar refractivity (Wildman–Crippen MR) is 92.1 cm³/mol. The van der Waals surface area contributed by atoms with E-state index >= 15 is 0 Å². The van der Waals surface area contributed by atoms with Crippen molar-refractivity contribution in [2.45, 2.75) is 13.8 Å². The maximum atomic E-state index is 12.3. The highest BCUT2D eigenvalue weighted by atomic mass is 16.1. The monoisotopic (exact) mass is 286 g/mol. The first-order chi connectivity index (χ1) is 10.7. The summed E-state index contributed by atoms with van der Waals surface area (Å²) >= 11 is 0. The van der Waals surface area contributed by atoms with Crippen LogP contribution in [0.2, 0.25) is 0 Å². The van der Waals surface area contributed by atoms with Crippen molar-refractivity contribution in [1.29, 1.82) is 0 Å². The Hall–Kier alpha value is -2.67. The van der Waals surface area contributed by atoms with Crippen molar-refractivity contribution >= 4 is 5.78 Å². The van der Waals surface area contributed by atoms with Crippen LogP contribution in [0, 0.1) is 6.92 Å². The van der Waals surface area contributed by atoms with Crippen LogP contribution < -0.4 is 0 Å². The molecule has 22 heavy (non-hydrogen) atoms. The molecule has 0 N–H and O–H groups in total. The average Bonchev–Trinajstić information content (AvgIpc) is 2.55. The Balaban J connectivity index is 2.24. The van der Waals surface area contributed by atoms with Crippen LogP contribution >= 0.6 is 0 Å². The maximum absolute atomic E-state index is 12.3. The number of ketones is 1. The molecule has 3 rings (SSSR count). The second-order valence-electron chi connectivity index (χ2n) is 5.52. The van der Waals surface area contributed by atoms with Gasteiger partial charge in [0.1, 0.15) is 0 Å². The van der Waals surface area contributed by atoms with Crippen LogP contribution in [0.25, 0.3) is 22.3 Å². The minimum Gasteiger partial charge on any atom is -0.294 e. The van der Waals surface area contributed by atoms with E-state index in [0.717, 1.165) is 27.8 Å². The summed E-state index contributed by atoms with van der Waals surface area (Å²) in [7, 11) is 0. The smallest absolute Gasteiger partial charge is 0.161 e. The summed E-state index contributed by atoms with van der Waals surface area (Å²) in [6, 6.07) is 24.4. The van der Waals surface area contributed by atoms with Crippen molar-refractivity contribution in [2.24, 2.45) is 0 Å². The molecule has 3 aromatic carbocycles. The van der Waals surface area contributed by atoms with Crippen molar-refractivity contribution in [3.05, 3.63) is 83.9 Å². The Labute approximate surface area is 131 Å². The van der Waals surface area contributed by atoms with Gasteiger partial charge in [0.15, 0.2) is 5.78 Å². The second kappa shape index (κ2) is 5.98. The van der Waals surface area contributed by atoms with Gasteiger partial charge in [-0.3, -0.25) is 4.79 Å². The number of Topliss-reactive ketones (excluding diaryl/α,β-unsaturated/α-hetero) is 1. The molecule has 0 aliphatic heterocycles. The number of hydrogen-bond donors (Lipinski definition) is 0. The summed E-state index contributed by atoms with van der Waals surface area (Å²) < 4.78 is 0. The minimum absolute atomic E-state index is 0.0926. The molecule has 0 aliphatic rings. The molecule has 1 nitrogen and oxygen atoms in total. The summed E-state index contributed by atoms with van der Waals surface area (Å²) in [5.41, 5.74) is 6.14. The van der Waals surface area contributed by atoms with Gasteiger partial charge >= 0.3 is 0 Å². The molecule has 0 radical (unpaired) electrons. The van der Waals surface area contributed by atoms with Gasteiger partial charge in [0.2, 0.25) is 0 Å². The molecule has 0 unspecified atom stereocenters. The lowest BCUT2D eigenvalue weighted by Crippen LogP contribution is -2.00. The van der Waals surface area contributed by atoms with Crippen molar-refractivity contribution in [2.75, 3.05) is 0 Å². The quantitative estimate of drug-likeness (QED) is 0.578. The van der Waals surface area contributed by atoms with Gasteiger partial charge in [0.25, 0.3) is 0 Å². The van der Waals surface area contributed by atoms with E-state index in [1.807, 2.05) is 48.5 Å². The van der Waals surface area contributed by atoms with Crippen molar-refractivity contribution in [3.8, 4) is 22.3 Å². The third kappa shape index (κ3) is 2.71. The zero-order chi connectivity index (χ0) is 15.5. The molecule has 0 saturated heterocycles.